The second-order valence-electron chi connectivity index (χ2n) is 5.63. The first-order valence-corrected chi connectivity index (χ1v) is 7.22. The standard InChI is InChI=1S/C16H20N4/c17-4-6-20-5-3-13(11-20)7-14-10-19-16-2-1-12(9-18)8-15(14)16/h1-2,8,10,13,19H,3-7,11,17H2. The molecular weight excluding hydrogens is 248 g/mol. The highest BCUT2D eigenvalue weighted by molar-refractivity contribution is 5.84. The second-order valence-corrected chi connectivity index (χ2v) is 5.63. The number of hydrogen-bond donors (Lipinski definition) is 2. The van der Waals surface area contributed by atoms with Crippen molar-refractivity contribution in [1.29, 1.82) is 5.26 Å². The van der Waals surface area contributed by atoms with E-state index in [4.69, 9.17) is 11.0 Å². The molecule has 3 rings (SSSR count). The minimum atomic E-state index is 0.700. The quantitative estimate of drug-likeness (QED) is 0.889. The van der Waals surface area contributed by atoms with Crippen molar-refractivity contribution >= 4 is 10.9 Å². The largest absolute Gasteiger partial charge is 0.361 e. The molecule has 1 atom stereocenters. The molecule has 1 saturated heterocycles. The molecule has 0 saturated carbocycles. The third-order valence-corrected chi connectivity index (χ3v) is 4.22. The number of nitriles is 1. The van der Waals surface area contributed by atoms with E-state index in [1.807, 2.05) is 18.2 Å². The van der Waals surface area contributed by atoms with E-state index in [1.54, 1.807) is 0 Å². The van der Waals surface area contributed by atoms with Crippen molar-refractivity contribution in [3.05, 3.63) is 35.5 Å². The van der Waals surface area contributed by atoms with Crippen LogP contribution in [0.1, 0.15) is 17.5 Å². The number of benzene rings is 1. The van der Waals surface area contributed by atoms with Crippen molar-refractivity contribution in [2.45, 2.75) is 12.8 Å². The van der Waals surface area contributed by atoms with Crippen molar-refractivity contribution in [3.8, 4) is 6.07 Å². The van der Waals surface area contributed by atoms with Crippen LogP contribution in [0.25, 0.3) is 10.9 Å². The van der Waals surface area contributed by atoms with Crippen molar-refractivity contribution in [2.75, 3.05) is 26.2 Å². The number of rotatable bonds is 4. The Kier molecular flexibility index (Phi) is 3.72. The summed E-state index contributed by atoms with van der Waals surface area (Å²) in [6.45, 7) is 4.05. The molecule has 3 N–H and O–H groups in total. The number of aromatic amines is 1. The van der Waals surface area contributed by atoms with Gasteiger partial charge in [-0.15, -0.1) is 0 Å². The van der Waals surface area contributed by atoms with Crippen molar-refractivity contribution in [2.24, 2.45) is 11.7 Å². The number of H-pyrrole nitrogens is 1. The SMILES string of the molecule is N#Cc1ccc2[nH]cc(CC3CCN(CCN)C3)c2c1. The lowest BCUT2D eigenvalue weighted by atomic mass is 9.98. The molecule has 104 valence electrons. The number of likely N-dealkylation sites (tertiary alicyclic amines) is 1. The van der Waals surface area contributed by atoms with Gasteiger partial charge in [0.2, 0.25) is 0 Å². The predicted octanol–water partition coefficient (Wildman–Crippen LogP) is 1.86. The Morgan fingerprint density at radius 1 is 1.45 bits per heavy atom. The molecule has 1 aromatic carbocycles. The normalized spacial score (nSPS) is 19.5. The maximum Gasteiger partial charge on any atom is 0.0991 e. The van der Waals surface area contributed by atoms with E-state index in [2.05, 4.69) is 22.1 Å². The van der Waals surface area contributed by atoms with Gasteiger partial charge in [0, 0.05) is 36.7 Å². The monoisotopic (exact) mass is 268 g/mol. The Hall–Kier alpha value is -1.83. The molecule has 2 aromatic rings. The van der Waals surface area contributed by atoms with Crippen LogP contribution >= 0.6 is 0 Å². The van der Waals surface area contributed by atoms with Crippen LogP contribution in [-0.2, 0) is 6.42 Å². The van der Waals surface area contributed by atoms with Gasteiger partial charge in [0.1, 0.15) is 0 Å². The van der Waals surface area contributed by atoms with Gasteiger partial charge in [-0.05, 0) is 49.1 Å². The van der Waals surface area contributed by atoms with Crippen molar-refractivity contribution in [3.63, 3.8) is 0 Å². The summed E-state index contributed by atoms with van der Waals surface area (Å²) in [6, 6.07) is 8.07. The number of nitrogens with one attached hydrogen (secondary N) is 1. The smallest absolute Gasteiger partial charge is 0.0991 e. The Morgan fingerprint density at radius 3 is 3.15 bits per heavy atom. The Labute approximate surface area is 119 Å². The lowest BCUT2D eigenvalue weighted by Gasteiger charge is -2.14. The van der Waals surface area contributed by atoms with Crippen LogP contribution in [0.15, 0.2) is 24.4 Å². The highest BCUT2D eigenvalue weighted by Crippen LogP contribution is 2.26. The zero-order valence-electron chi connectivity index (χ0n) is 11.6. The number of aromatic nitrogens is 1. The van der Waals surface area contributed by atoms with E-state index in [9.17, 15) is 0 Å². The molecular formula is C16H20N4. The highest BCUT2D eigenvalue weighted by atomic mass is 15.1. The van der Waals surface area contributed by atoms with Gasteiger partial charge in [0.25, 0.3) is 0 Å². The van der Waals surface area contributed by atoms with E-state index >= 15 is 0 Å². The fourth-order valence-corrected chi connectivity index (χ4v) is 3.19. The molecule has 1 fully saturated rings. The summed E-state index contributed by atoms with van der Waals surface area (Å²) in [4.78, 5) is 5.75. The Bertz CT molecular complexity index is 637. The summed E-state index contributed by atoms with van der Waals surface area (Å²) in [7, 11) is 0. The molecule has 0 aliphatic carbocycles. The molecule has 1 aromatic heterocycles. The Balaban J connectivity index is 1.76. The maximum absolute atomic E-state index is 9.02. The predicted molar refractivity (Wildman–Crippen MR) is 80.3 cm³/mol. The molecule has 0 bridgehead atoms. The van der Waals surface area contributed by atoms with Gasteiger partial charge in [0.05, 0.1) is 11.6 Å². The highest BCUT2D eigenvalue weighted by Gasteiger charge is 2.22. The molecule has 1 aliphatic rings. The minimum Gasteiger partial charge on any atom is -0.361 e. The molecule has 1 unspecified atom stereocenters. The molecule has 1 aliphatic heterocycles. The summed E-state index contributed by atoms with van der Waals surface area (Å²) in [5, 5.41) is 10.2. The van der Waals surface area contributed by atoms with Gasteiger partial charge in [-0.2, -0.15) is 5.26 Å². The summed E-state index contributed by atoms with van der Waals surface area (Å²) >= 11 is 0. The molecule has 0 spiro atoms. The average Bonchev–Trinajstić information content (AvgIpc) is 3.07. The van der Waals surface area contributed by atoms with Gasteiger partial charge in [-0.25, -0.2) is 0 Å². The van der Waals surface area contributed by atoms with Crippen LogP contribution in [0.4, 0.5) is 0 Å². The zero-order valence-corrected chi connectivity index (χ0v) is 11.6. The van der Waals surface area contributed by atoms with Crippen LogP contribution in [0.2, 0.25) is 0 Å². The minimum absolute atomic E-state index is 0.700. The van der Waals surface area contributed by atoms with Crippen molar-refractivity contribution in [1.82, 2.24) is 9.88 Å². The first kappa shape index (κ1) is 13.2. The van der Waals surface area contributed by atoms with Crippen LogP contribution in [0, 0.1) is 17.2 Å². The van der Waals surface area contributed by atoms with Gasteiger partial charge >= 0.3 is 0 Å². The van der Waals surface area contributed by atoms with E-state index in [-0.39, 0.29) is 0 Å². The number of nitrogens with two attached hydrogens (primary N) is 1. The summed E-state index contributed by atoms with van der Waals surface area (Å²) in [5.74, 6) is 0.700. The van der Waals surface area contributed by atoms with Gasteiger partial charge < -0.3 is 15.6 Å². The molecule has 20 heavy (non-hydrogen) atoms. The zero-order chi connectivity index (χ0) is 13.9. The third kappa shape index (κ3) is 2.55. The lowest BCUT2D eigenvalue weighted by Crippen LogP contribution is -2.27. The van der Waals surface area contributed by atoms with Crippen molar-refractivity contribution < 1.29 is 0 Å². The van der Waals surface area contributed by atoms with Gasteiger partial charge in [-0.1, -0.05) is 0 Å². The summed E-state index contributed by atoms with van der Waals surface area (Å²) in [5.41, 5.74) is 8.80. The van der Waals surface area contributed by atoms with Crippen LogP contribution in [-0.4, -0.2) is 36.1 Å². The number of nitrogens with zero attached hydrogens (tertiary/aromatic N) is 2. The summed E-state index contributed by atoms with van der Waals surface area (Å²) in [6.07, 6.45) is 4.41. The van der Waals surface area contributed by atoms with E-state index in [1.165, 1.54) is 17.4 Å². The molecule has 4 nitrogen and oxygen atoms in total. The third-order valence-electron chi connectivity index (χ3n) is 4.22. The number of fused-ring (bicyclic) bond motifs is 1. The number of hydrogen-bond acceptors (Lipinski definition) is 3. The second kappa shape index (κ2) is 5.66. The van der Waals surface area contributed by atoms with E-state index < -0.39 is 0 Å². The first-order chi connectivity index (χ1) is 9.80. The fourth-order valence-electron chi connectivity index (χ4n) is 3.19. The average molecular weight is 268 g/mol. The fraction of sp³-hybridized carbons (Fsp3) is 0.438. The molecule has 2 heterocycles. The molecule has 4 heteroatoms. The van der Waals surface area contributed by atoms with E-state index in [0.29, 0.717) is 5.92 Å². The van der Waals surface area contributed by atoms with E-state index in [0.717, 1.165) is 43.7 Å². The van der Waals surface area contributed by atoms with Crippen LogP contribution < -0.4 is 5.73 Å². The van der Waals surface area contributed by atoms with Crippen LogP contribution in [0.5, 0.6) is 0 Å². The lowest BCUT2D eigenvalue weighted by molar-refractivity contribution is 0.333. The van der Waals surface area contributed by atoms with Crippen LogP contribution in [0.3, 0.4) is 0 Å². The topological polar surface area (TPSA) is 68.8 Å². The molecule has 0 radical (unpaired) electrons. The first-order valence-electron chi connectivity index (χ1n) is 7.22. The Morgan fingerprint density at radius 2 is 2.35 bits per heavy atom. The van der Waals surface area contributed by atoms with Gasteiger partial charge in [-0.3, -0.25) is 0 Å². The summed E-state index contributed by atoms with van der Waals surface area (Å²) < 4.78 is 0. The maximum atomic E-state index is 9.02. The molecule has 0 amide bonds. The van der Waals surface area contributed by atoms with Gasteiger partial charge in [0.15, 0.2) is 0 Å².